The smallest absolute Gasteiger partial charge is 0.243 e. The first-order valence-corrected chi connectivity index (χ1v) is 12.0. The van der Waals surface area contributed by atoms with Gasteiger partial charge in [0.05, 0.1) is 16.3 Å². The highest BCUT2D eigenvalue weighted by Gasteiger charge is 2.21. The molecule has 0 aromatic heterocycles. The first kappa shape index (κ1) is 22.3. The molecule has 0 bridgehead atoms. The molecule has 3 aromatic carbocycles. The third-order valence-electron chi connectivity index (χ3n) is 4.81. The fourth-order valence-electron chi connectivity index (χ4n) is 3.08. The van der Waals surface area contributed by atoms with Gasteiger partial charge in [0.2, 0.25) is 15.7 Å². The van der Waals surface area contributed by atoms with Crippen LogP contribution in [0.15, 0.2) is 70.5 Å². The van der Waals surface area contributed by atoms with Crippen molar-refractivity contribution in [2.24, 2.45) is 0 Å². The number of nitrogens with one attached hydrogen (secondary N) is 2. The van der Waals surface area contributed by atoms with Crippen molar-refractivity contribution >= 4 is 49.7 Å². The summed E-state index contributed by atoms with van der Waals surface area (Å²) in [5, 5.41) is 5.94. The Balaban J connectivity index is 1.76. The van der Waals surface area contributed by atoms with Gasteiger partial charge in [-0.05, 0) is 97.0 Å². The average molecular weight is 534 g/mol. The van der Waals surface area contributed by atoms with Gasteiger partial charge in [-0.2, -0.15) is 0 Å². The van der Waals surface area contributed by atoms with Gasteiger partial charge in [-0.25, -0.2) is 8.42 Å². The molecule has 30 heavy (non-hydrogen) atoms. The summed E-state index contributed by atoms with van der Waals surface area (Å²) in [5.74, 6) is -0.203. The molecule has 0 fully saturated rings. The molecule has 3 aromatic rings. The Bertz CT molecular complexity index is 1190. The van der Waals surface area contributed by atoms with Gasteiger partial charge < -0.3 is 10.6 Å². The number of rotatable bonds is 6. The SMILES string of the molecule is Cc1ccc(S(=O)(=O)c2cccc(NCC(=O)Nc3ccc(I)cc3C)c2C)cc1. The summed E-state index contributed by atoms with van der Waals surface area (Å²) in [7, 11) is -3.65. The molecule has 0 aliphatic rings. The second kappa shape index (κ2) is 9.18. The predicted molar refractivity (Wildman–Crippen MR) is 129 cm³/mol. The number of carbonyl (C=O) groups is 1. The van der Waals surface area contributed by atoms with E-state index in [9.17, 15) is 13.2 Å². The molecule has 7 heteroatoms. The maximum Gasteiger partial charge on any atom is 0.243 e. The maximum atomic E-state index is 13.1. The molecule has 1 amide bonds. The highest BCUT2D eigenvalue weighted by Crippen LogP contribution is 2.28. The molecule has 0 radical (unpaired) electrons. The molecule has 0 heterocycles. The third-order valence-corrected chi connectivity index (χ3v) is 7.39. The van der Waals surface area contributed by atoms with Crippen LogP contribution >= 0.6 is 22.6 Å². The van der Waals surface area contributed by atoms with Gasteiger partial charge in [-0.15, -0.1) is 0 Å². The molecule has 0 unspecified atom stereocenters. The molecule has 5 nitrogen and oxygen atoms in total. The summed E-state index contributed by atoms with van der Waals surface area (Å²) in [6.07, 6.45) is 0. The van der Waals surface area contributed by atoms with Gasteiger partial charge in [0.25, 0.3) is 0 Å². The van der Waals surface area contributed by atoms with E-state index >= 15 is 0 Å². The lowest BCUT2D eigenvalue weighted by molar-refractivity contribution is -0.114. The Morgan fingerprint density at radius 3 is 2.30 bits per heavy atom. The Kier molecular flexibility index (Phi) is 6.82. The van der Waals surface area contributed by atoms with E-state index in [-0.39, 0.29) is 22.2 Å². The van der Waals surface area contributed by atoms with Crippen molar-refractivity contribution in [3.8, 4) is 0 Å². The van der Waals surface area contributed by atoms with Gasteiger partial charge in [0.15, 0.2) is 0 Å². The van der Waals surface area contributed by atoms with Gasteiger partial charge in [0, 0.05) is 14.9 Å². The predicted octanol–water partition coefficient (Wildman–Crippen LogP) is 5.10. The highest BCUT2D eigenvalue weighted by molar-refractivity contribution is 14.1. The largest absolute Gasteiger partial charge is 0.376 e. The highest BCUT2D eigenvalue weighted by atomic mass is 127. The zero-order valence-electron chi connectivity index (χ0n) is 17.0. The van der Waals surface area contributed by atoms with Gasteiger partial charge >= 0.3 is 0 Å². The number of amides is 1. The lowest BCUT2D eigenvalue weighted by Crippen LogP contribution is -2.22. The number of anilines is 2. The van der Waals surface area contributed by atoms with E-state index < -0.39 is 9.84 Å². The summed E-state index contributed by atoms with van der Waals surface area (Å²) in [4.78, 5) is 12.9. The van der Waals surface area contributed by atoms with Crippen molar-refractivity contribution in [3.63, 3.8) is 0 Å². The number of halogens is 1. The molecule has 0 saturated carbocycles. The van der Waals surface area contributed by atoms with E-state index in [1.165, 1.54) is 0 Å². The molecule has 0 atom stereocenters. The van der Waals surface area contributed by atoms with Crippen molar-refractivity contribution in [1.82, 2.24) is 0 Å². The summed E-state index contributed by atoms with van der Waals surface area (Å²) >= 11 is 2.22. The third kappa shape index (κ3) is 5.02. The monoisotopic (exact) mass is 534 g/mol. The lowest BCUT2D eigenvalue weighted by Gasteiger charge is -2.14. The molecule has 0 spiro atoms. The Morgan fingerprint density at radius 1 is 0.933 bits per heavy atom. The number of carbonyl (C=O) groups excluding carboxylic acids is 1. The Hall–Kier alpha value is -2.39. The Morgan fingerprint density at radius 2 is 1.63 bits per heavy atom. The van der Waals surface area contributed by atoms with E-state index in [4.69, 9.17) is 0 Å². The fourth-order valence-corrected chi connectivity index (χ4v) is 5.24. The van der Waals surface area contributed by atoms with Crippen molar-refractivity contribution in [3.05, 3.63) is 80.9 Å². The van der Waals surface area contributed by atoms with Crippen LogP contribution in [-0.4, -0.2) is 20.9 Å². The number of aryl methyl sites for hydroxylation is 2. The maximum absolute atomic E-state index is 13.1. The fraction of sp³-hybridized carbons (Fsp3) is 0.174. The van der Waals surface area contributed by atoms with Crippen LogP contribution in [-0.2, 0) is 14.6 Å². The van der Waals surface area contributed by atoms with E-state index in [1.54, 1.807) is 49.4 Å². The van der Waals surface area contributed by atoms with Crippen LogP contribution in [0, 0.1) is 24.3 Å². The summed E-state index contributed by atoms with van der Waals surface area (Å²) in [6.45, 7) is 5.62. The minimum Gasteiger partial charge on any atom is -0.376 e. The van der Waals surface area contributed by atoms with Crippen LogP contribution in [0.1, 0.15) is 16.7 Å². The molecular weight excluding hydrogens is 511 g/mol. The number of hydrogen-bond donors (Lipinski definition) is 2. The molecule has 2 N–H and O–H groups in total. The van der Waals surface area contributed by atoms with Crippen LogP contribution in [0.4, 0.5) is 11.4 Å². The minimum absolute atomic E-state index is 0.0281. The van der Waals surface area contributed by atoms with Crippen molar-refractivity contribution in [2.45, 2.75) is 30.6 Å². The standard InChI is InChI=1S/C23H23IN2O3S/c1-15-7-10-19(11-8-15)30(28,29)22-6-4-5-21(17(22)3)25-14-23(27)26-20-12-9-18(24)13-16(20)2/h4-13,25H,14H2,1-3H3,(H,26,27). The molecule has 0 saturated heterocycles. The van der Waals surface area contributed by atoms with Crippen LogP contribution < -0.4 is 10.6 Å². The van der Waals surface area contributed by atoms with E-state index in [2.05, 4.69) is 33.2 Å². The molecule has 3 rings (SSSR count). The van der Waals surface area contributed by atoms with Gasteiger partial charge in [0.1, 0.15) is 0 Å². The molecule has 0 aliphatic heterocycles. The zero-order valence-corrected chi connectivity index (χ0v) is 20.0. The quantitative estimate of drug-likeness (QED) is 0.432. The van der Waals surface area contributed by atoms with E-state index in [0.717, 1.165) is 20.4 Å². The van der Waals surface area contributed by atoms with Crippen molar-refractivity contribution < 1.29 is 13.2 Å². The summed E-state index contributed by atoms with van der Waals surface area (Å²) < 4.78 is 27.2. The second-order valence-corrected chi connectivity index (χ2v) is 10.3. The van der Waals surface area contributed by atoms with Crippen molar-refractivity contribution in [2.75, 3.05) is 17.2 Å². The average Bonchev–Trinajstić information content (AvgIpc) is 2.69. The number of sulfone groups is 1. The normalized spacial score (nSPS) is 11.2. The first-order valence-electron chi connectivity index (χ1n) is 9.40. The van der Waals surface area contributed by atoms with E-state index in [1.807, 2.05) is 32.0 Å². The molecule has 0 aliphatic carbocycles. The molecule has 156 valence electrons. The summed E-state index contributed by atoms with van der Waals surface area (Å²) in [5.41, 5.74) is 3.93. The van der Waals surface area contributed by atoms with Gasteiger partial charge in [-0.3, -0.25) is 4.79 Å². The minimum atomic E-state index is -3.65. The number of hydrogen-bond acceptors (Lipinski definition) is 4. The zero-order chi connectivity index (χ0) is 21.9. The van der Waals surface area contributed by atoms with Crippen LogP contribution in [0.3, 0.4) is 0 Å². The summed E-state index contributed by atoms with van der Waals surface area (Å²) in [6, 6.07) is 17.6. The molecular formula is C23H23IN2O3S. The number of benzene rings is 3. The topological polar surface area (TPSA) is 75.3 Å². The first-order chi connectivity index (χ1) is 14.2. The van der Waals surface area contributed by atoms with Crippen LogP contribution in [0.25, 0.3) is 0 Å². The van der Waals surface area contributed by atoms with E-state index in [0.29, 0.717) is 11.3 Å². The lowest BCUT2D eigenvalue weighted by atomic mass is 10.2. The van der Waals surface area contributed by atoms with Crippen LogP contribution in [0.2, 0.25) is 0 Å². The van der Waals surface area contributed by atoms with Crippen LogP contribution in [0.5, 0.6) is 0 Å². The second-order valence-electron chi connectivity index (χ2n) is 7.11. The van der Waals surface area contributed by atoms with Crippen molar-refractivity contribution in [1.29, 1.82) is 0 Å². The Labute approximate surface area is 191 Å². The van der Waals surface area contributed by atoms with Gasteiger partial charge in [-0.1, -0.05) is 23.8 Å².